The first-order chi connectivity index (χ1) is 14.5. The van der Waals surface area contributed by atoms with Crippen LogP contribution < -0.4 is 14.4 Å². The molecule has 3 aromatic rings. The van der Waals surface area contributed by atoms with Crippen LogP contribution in [0.25, 0.3) is 10.2 Å². The number of hydrogen-bond acceptors (Lipinski definition) is 6. The number of carbonyl (C=O) groups excluding carboxylic acids is 1. The van der Waals surface area contributed by atoms with E-state index in [9.17, 15) is 4.79 Å². The van der Waals surface area contributed by atoms with Crippen LogP contribution in [0.15, 0.2) is 36.4 Å². The van der Waals surface area contributed by atoms with Gasteiger partial charge in [-0.3, -0.25) is 9.69 Å². The van der Waals surface area contributed by atoms with Crippen molar-refractivity contribution in [2.24, 2.45) is 0 Å². The highest BCUT2D eigenvalue weighted by molar-refractivity contribution is 7.23. The minimum Gasteiger partial charge on any atom is -0.496 e. The van der Waals surface area contributed by atoms with Crippen molar-refractivity contribution in [1.29, 1.82) is 0 Å². The molecule has 1 aromatic heterocycles. The summed E-state index contributed by atoms with van der Waals surface area (Å²) >= 11 is 7.79. The summed E-state index contributed by atoms with van der Waals surface area (Å²) in [4.78, 5) is 22.3. The zero-order valence-corrected chi connectivity index (χ0v) is 19.2. The molecule has 30 heavy (non-hydrogen) atoms. The third kappa shape index (κ3) is 4.53. The van der Waals surface area contributed by atoms with Gasteiger partial charge in [0.25, 0.3) is 5.91 Å². The van der Waals surface area contributed by atoms with Crippen molar-refractivity contribution in [3.63, 3.8) is 0 Å². The standard InChI is InChI=1S/C22H26ClN3O3S/c1-5-25(6-2)13-14-26(21(27)15-9-7-8-10-17(15)28-3)22-24-19-18(29-4)12-11-16(23)20(19)30-22/h7-12H,5-6,13-14H2,1-4H3. The van der Waals surface area contributed by atoms with E-state index in [0.717, 1.165) is 24.3 Å². The molecular formula is C22H26ClN3O3S. The summed E-state index contributed by atoms with van der Waals surface area (Å²) in [7, 11) is 3.16. The van der Waals surface area contributed by atoms with Gasteiger partial charge in [-0.2, -0.15) is 0 Å². The van der Waals surface area contributed by atoms with E-state index in [4.69, 9.17) is 26.1 Å². The largest absolute Gasteiger partial charge is 0.496 e. The van der Waals surface area contributed by atoms with Gasteiger partial charge in [0.2, 0.25) is 0 Å². The van der Waals surface area contributed by atoms with Gasteiger partial charge in [-0.1, -0.05) is 48.9 Å². The van der Waals surface area contributed by atoms with Gasteiger partial charge in [-0.05, 0) is 37.4 Å². The SMILES string of the molecule is CCN(CC)CCN(C(=O)c1ccccc1OC)c1nc2c(OC)ccc(Cl)c2s1. The topological polar surface area (TPSA) is 54.9 Å². The normalized spacial score (nSPS) is 11.1. The van der Waals surface area contributed by atoms with Gasteiger partial charge in [0.1, 0.15) is 17.0 Å². The number of rotatable bonds is 9. The van der Waals surface area contributed by atoms with Gasteiger partial charge >= 0.3 is 0 Å². The maximum absolute atomic E-state index is 13.6. The maximum Gasteiger partial charge on any atom is 0.263 e. The molecule has 0 aliphatic carbocycles. The molecule has 0 spiro atoms. The molecule has 0 unspecified atom stereocenters. The molecule has 0 aliphatic heterocycles. The third-order valence-electron chi connectivity index (χ3n) is 5.01. The number of ether oxygens (including phenoxy) is 2. The Morgan fingerprint density at radius 3 is 2.40 bits per heavy atom. The number of anilines is 1. The number of hydrogen-bond donors (Lipinski definition) is 0. The van der Waals surface area contributed by atoms with Crippen molar-refractivity contribution >= 4 is 44.2 Å². The molecule has 6 nitrogen and oxygen atoms in total. The minimum absolute atomic E-state index is 0.159. The molecule has 0 saturated heterocycles. The molecule has 0 atom stereocenters. The monoisotopic (exact) mass is 447 g/mol. The van der Waals surface area contributed by atoms with Crippen molar-refractivity contribution in [1.82, 2.24) is 9.88 Å². The Balaban J connectivity index is 2.06. The molecule has 3 rings (SSSR count). The average molecular weight is 448 g/mol. The molecule has 2 aromatic carbocycles. The number of para-hydroxylation sites is 1. The summed E-state index contributed by atoms with van der Waals surface area (Å²) in [5.74, 6) is 1.01. The van der Waals surface area contributed by atoms with E-state index in [1.807, 2.05) is 12.1 Å². The Labute approximate surface area is 186 Å². The zero-order chi connectivity index (χ0) is 21.7. The van der Waals surface area contributed by atoms with Crippen molar-refractivity contribution in [2.75, 3.05) is 45.3 Å². The summed E-state index contributed by atoms with van der Waals surface area (Å²) < 4.78 is 11.7. The maximum atomic E-state index is 13.6. The van der Waals surface area contributed by atoms with Crippen LogP contribution >= 0.6 is 22.9 Å². The fraction of sp³-hybridized carbons (Fsp3) is 0.364. The van der Waals surface area contributed by atoms with Crippen LogP contribution in [0, 0.1) is 0 Å². The molecule has 1 amide bonds. The second-order valence-corrected chi connectivity index (χ2v) is 7.99. The number of benzene rings is 2. The number of carbonyl (C=O) groups is 1. The van der Waals surface area contributed by atoms with E-state index in [-0.39, 0.29) is 5.91 Å². The smallest absolute Gasteiger partial charge is 0.263 e. The van der Waals surface area contributed by atoms with Crippen LogP contribution in [0.3, 0.4) is 0 Å². The number of thiazole rings is 1. The number of aromatic nitrogens is 1. The number of likely N-dealkylation sites (N-methyl/N-ethyl adjacent to an activating group) is 1. The fourth-order valence-corrected chi connectivity index (χ4v) is 4.53. The van der Waals surface area contributed by atoms with Crippen molar-refractivity contribution in [3.05, 3.63) is 47.0 Å². The van der Waals surface area contributed by atoms with Crippen LogP contribution in [0.5, 0.6) is 11.5 Å². The lowest BCUT2D eigenvalue weighted by Crippen LogP contribution is -2.39. The summed E-state index contributed by atoms with van der Waals surface area (Å²) in [6.45, 7) is 7.27. The lowest BCUT2D eigenvalue weighted by Gasteiger charge is -2.25. The van der Waals surface area contributed by atoms with E-state index >= 15 is 0 Å². The molecule has 0 radical (unpaired) electrons. The molecule has 0 aliphatic rings. The molecule has 1 heterocycles. The van der Waals surface area contributed by atoms with Crippen LogP contribution in [0.1, 0.15) is 24.2 Å². The van der Waals surface area contributed by atoms with Crippen LogP contribution in [-0.4, -0.2) is 56.2 Å². The lowest BCUT2D eigenvalue weighted by atomic mass is 10.1. The third-order valence-corrected chi connectivity index (χ3v) is 6.55. The summed E-state index contributed by atoms with van der Waals surface area (Å²) in [6.07, 6.45) is 0. The molecule has 0 fully saturated rings. The van der Waals surface area contributed by atoms with Crippen LogP contribution in [0.2, 0.25) is 5.02 Å². The highest BCUT2D eigenvalue weighted by Gasteiger charge is 2.25. The van der Waals surface area contributed by atoms with E-state index in [1.165, 1.54) is 11.3 Å². The fourth-order valence-electron chi connectivity index (χ4n) is 3.25. The summed E-state index contributed by atoms with van der Waals surface area (Å²) in [5.41, 5.74) is 1.16. The first-order valence-electron chi connectivity index (χ1n) is 9.84. The Hall–Kier alpha value is -2.35. The minimum atomic E-state index is -0.159. The quantitative estimate of drug-likeness (QED) is 0.464. The summed E-state index contributed by atoms with van der Waals surface area (Å²) in [6, 6.07) is 10.8. The second-order valence-electron chi connectivity index (χ2n) is 6.61. The van der Waals surface area contributed by atoms with Gasteiger partial charge < -0.3 is 14.4 Å². The summed E-state index contributed by atoms with van der Waals surface area (Å²) in [5, 5.41) is 1.17. The number of methoxy groups -OCH3 is 2. The van der Waals surface area contributed by atoms with Crippen molar-refractivity contribution < 1.29 is 14.3 Å². The average Bonchev–Trinajstić information content (AvgIpc) is 3.22. The molecule has 8 heteroatoms. The van der Waals surface area contributed by atoms with E-state index in [1.54, 1.807) is 43.4 Å². The Morgan fingerprint density at radius 1 is 1.03 bits per heavy atom. The number of amides is 1. The van der Waals surface area contributed by atoms with E-state index < -0.39 is 0 Å². The highest BCUT2D eigenvalue weighted by atomic mass is 35.5. The zero-order valence-electron chi connectivity index (χ0n) is 17.6. The van der Waals surface area contributed by atoms with E-state index in [0.29, 0.717) is 39.3 Å². The highest BCUT2D eigenvalue weighted by Crippen LogP contribution is 2.39. The Kier molecular flexibility index (Phi) is 7.53. The van der Waals surface area contributed by atoms with Gasteiger partial charge in [0.15, 0.2) is 5.13 Å². The number of nitrogens with zero attached hydrogens (tertiary/aromatic N) is 3. The molecule has 0 N–H and O–H groups in total. The predicted octanol–water partition coefficient (Wildman–Crippen LogP) is 4.96. The van der Waals surface area contributed by atoms with Gasteiger partial charge in [0.05, 0.1) is 29.5 Å². The Morgan fingerprint density at radius 2 is 1.73 bits per heavy atom. The van der Waals surface area contributed by atoms with E-state index in [2.05, 4.69) is 18.7 Å². The molecular weight excluding hydrogens is 422 g/mol. The van der Waals surface area contributed by atoms with Crippen molar-refractivity contribution in [3.8, 4) is 11.5 Å². The molecule has 0 bridgehead atoms. The van der Waals surface area contributed by atoms with Crippen LogP contribution in [0.4, 0.5) is 5.13 Å². The molecule has 160 valence electrons. The van der Waals surface area contributed by atoms with Gasteiger partial charge in [-0.15, -0.1) is 0 Å². The van der Waals surface area contributed by atoms with Crippen LogP contribution in [-0.2, 0) is 0 Å². The molecule has 0 saturated carbocycles. The number of halogens is 1. The van der Waals surface area contributed by atoms with Crippen molar-refractivity contribution in [2.45, 2.75) is 13.8 Å². The number of fused-ring (bicyclic) bond motifs is 1. The van der Waals surface area contributed by atoms with Gasteiger partial charge in [0, 0.05) is 13.1 Å². The first-order valence-corrected chi connectivity index (χ1v) is 11.0. The lowest BCUT2D eigenvalue weighted by molar-refractivity contribution is 0.0981. The predicted molar refractivity (Wildman–Crippen MR) is 124 cm³/mol. The van der Waals surface area contributed by atoms with Gasteiger partial charge in [-0.25, -0.2) is 4.98 Å². The first kappa shape index (κ1) is 22.3. The second kappa shape index (κ2) is 10.1. The Bertz CT molecular complexity index is 1020.